The Hall–Kier alpha value is -2.50. The van der Waals surface area contributed by atoms with E-state index in [2.05, 4.69) is 0 Å². The molecule has 0 saturated carbocycles. The second kappa shape index (κ2) is 6.98. The molecular weight excluding hydrogens is 286 g/mol. The van der Waals surface area contributed by atoms with Crippen molar-refractivity contribution in [3.05, 3.63) is 41.2 Å². The molecule has 1 aliphatic heterocycles. The fraction of sp³-hybridized carbons (Fsp3) is 0.375. The number of carbonyl (C=O) groups excluding carboxylic acids is 2. The predicted octanol–water partition coefficient (Wildman–Crippen LogP) is 1.80. The van der Waals surface area contributed by atoms with E-state index in [0.717, 1.165) is 11.3 Å². The van der Waals surface area contributed by atoms with Gasteiger partial charge in [-0.25, -0.2) is 4.79 Å². The topological polar surface area (TPSA) is 76.1 Å². The van der Waals surface area contributed by atoms with Crippen LogP contribution in [0.1, 0.15) is 18.9 Å². The van der Waals surface area contributed by atoms with Crippen molar-refractivity contribution < 1.29 is 24.2 Å². The van der Waals surface area contributed by atoms with E-state index in [1.165, 1.54) is 4.90 Å². The van der Waals surface area contributed by atoms with Crippen LogP contribution < -0.4 is 4.74 Å². The number of esters is 1. The van der Waals surface area contributed by atoms with Gasteiger partial charge in [0.25, 0.3) is 5.91 Å². The number of aliphatic hydroxyl groups excluding tert-OH is 1. The minimum atomic E-state index is -0.774. The smallest absolute Gasteiger partial charge is 0.347 e. The van der Waals surface area contributed by atoms with Crippen LogP contribution in [0.5, 0.6) is 5.75 Å². The van der Waals surface area contributed by atoms with Gasteiger partial charge in [0.1, 0.15) is 11.5 Å². The number of rotatable bonds is 5. The molecule has 1 aliphatic rings. The average molecular weight is 305 g/mol. The summed E-state index contributed by atoms with van der Waals surface area (Å²) in [5, 5.41) is 9.80. The maximum Gasteiger partial charge on any atom is 0.347 e. The highest BCUT2D eigenvalue weighted by Gasteiger charge is 2.32. The molecule has 0 fully saturated rings. The molecule has 1 aromatic carbocycles. The van der Waals surface area contributed by atoms with Gasteiger partial charge in [-0.3, -0.25) is 4.79 Å². The number of methoxy groups -OCH3 is 1. The van der Waals surface area contributed by atoms with Crippen LogP contribution in [-0.4, -0.2) is 42.1 Å². The summed E-state index contributed by atoms with van der Waals surface area (Å²) in [4.78, 5) is 25.7. The van der Waals surface area contributed by atoms with Crippen molar-refractivity contribution in [2.75, 3.05) is 20.3 Å². The van der Waals surface area contributed by atoms with Crippen LogP contribution in [-0.2, 0) is 20.9 Å². The molecule has 22 heavy (non-hydrogen) atoms. The van der Waals surface area contributed by atoms with Gasteiger partial charge in [0.15, 0.2) is 5.57 Å². The van der Waals surface area contributed by atoms with Crippen molar-refractivity contribution in [3.63, 3.8) is 0 Å². The van der Waals surface area contributed by atoms with Crippen molar-refractivity contribution in [2.45, 2.75) is 19.9 Å². The van der Waals surface area contributed by atoms with Crippen LogP contribution in [0.15, 0.2) is 35.6 Å². The lowest BCUT2D eigenvalue weighted by atomic mass is 10.1. The normalized spacial score (nSPS) is 15.0. The molecule has 2 rings (SSSR count). The number of amides is 1. The number of benzene rings is 1. The molecular formula is C16H19NO5. The molecule has 1 heterocycles. The van der Waals surface area contributed by atoms with Gasteiger partial charge in [0.2, 0.25) is 0 Å². The number of aliphatic hydroxyl groups is 1. The minimum absolute atomic E-state index is 0.154. The molecule has 1 aromatic rings. The first kappa shape index (κ1) is 15.9. The Labute approximate surface area is 128 Å². The fourth-order valence-corrected chi connectivity index (χ4v) is 2.26. The van der Waals surface area contributed by atoms with E-state index in [1.54, 1.807) is 14.0 Å². The van der Waals surface area contributed by atoms with E-state index in [0.29, 0.717) is 13.1 Å². The molecule has 0 saturated heterocycles. The zero-order valence-electron chi connectivity index (χ0n) is 12.7. The second-order valence-electron chi connectivity index (χ2n) is 4.87. The van der Waals surface area contributed by atoms with Crippen LogP contribution >= 0.6 is 0 Å². The van der Waals surface area contributed by atoms with Gasteiger partial charge >= 0.3 is 5.97 Å². The van der Waals surface area contributed by atoms with Crippen molar-refractivity contribution in [1.82, 2.24) is 4.90 Å². The number of ether oxygens (including phenoxy) is 2. The standard InChI is InChI=1S/C16H19NO5/c1-3-22-16(20)14-13(18)8-9-17(15(14)19)10-11-4-6-12(21-2)7-5-11/h4-7,18H,3,8-10H2,1-2H3. The molecule has 1 amide bonds. The summed E-state index contributed by atoms with van der Waals surface area (Å²) in [6, 6.07) is 7.33. The minimum Gasteiger partial charge on any atom is -0.511 e. The summed E-state index contributed by atoms with van der Waals surface area (Å²) in [5.74, 6) is -0.740. The molecule has 0 unspecified atom stereocenters. The monoisotopic (exact) mass is 305 g/mol. The number of nitrogens with zero attached hydrogens (tertiary/aromatic N) is 1. The van der Waals surface area contributed by atoms with E-state index < -0.39 is 11.9 Å². The third-order valence-electron chi connectivity index (χ3n) is 3.42. The van der Waals surface area contributed by atoms with Crippen LogP contribution in [0, 0.1) is 0 Å². The Morgan fingerprint density at radius 3 is 2.59 bits per heavy atom. The van der Waals surface area contributed by atoms with Gasteiger partial charge in [-0.15, -0.1) is 0 Å². The highest BCUT2D eigenvalue weighted by atomic mass is 16.5. The summed E-state index contributed by atoms with van der Waals surface area (Å²) in [6.07, 6.45) is 0.246. The van der Waals surface area contributed by atoms with Gasteiger partial charge in [-0.2, -0.15) is 0 Å². The average Bonchev–Trinajstić information content (AvgIpc) is 2.51. The molecule has 1 N–H and O–H groups in total. The maximum absolute atomic E-state index is 12.4. The van der Waals surface area contributed by atoms with Gasteiger partial charge in [0, 0.05) is 19.5 Å². The van der Waals surface area contributed by atoms with E-state index in [-0.39, 0.29) is 24.4 Å². The summed E-state index contributed by atoms with van der Waals surface area (Å²) in [7, 11) is 1.59. The van der Waals surface area contributed by atoms with Crippen molar-refractivity contribution in [2.24, 2.45) is 0 Å². The van der Waals surface area contributed by atoms with Crippen LogP contribution in [0.4, 0.5) is 0 Å². The Bertz CT molecular complexity index is 591. The Morgan fingerprint density at radius 2 is 2.00 bits per heavy atom. The van der Waals surface area contributed by atoms with Crippen LogP contribution in [0.25, 0.3) is 0 Å². The summed E-state index contributed by atoms with van der Waals surface area (Å²) >= 11 is 0. The second-order valence-corrected chi connectivity index (χ2v) is 4.87. The first-order chi connectivity index (χ1) is 10.6. The first-order valence-corrected chi connectivity index (χ1v) is 7.08. The third-order valence-corrected chi connectivity index (χ3v) is 3.42. The molecule has 0 bridgehead atoms. The highest BCUT2D eigenvalue weighted by molar-refractivity contribution is 6.17. The van der Waals surface area contributed by atoms with Crippen LogP contribution in [0.2, 0.25) is 0 Å². The van der Waals surface area contributed by atoms with Gasteiger partial charge in [0.05, 0.1) is 13.7 Å². The molecule has 0 spiro atoms. The van der Waals surface area contributed by atoms with Crippen molar-refractivity contribution in [1.29, 1.82) is 0 Å². The zero-order valence-corrected chi connectivity index (χ0v) is 12.7. The largest absolute Gasteiger partial charge is 0.511 e. The third kappa shape index (κ3) is 3.39. The van der Waals surface area contributed by atoms with E-state index in [1.807, 2.05) is 24.3 Å². The first-order valence-electron chi connectivity index (χ1n) is 7.08. The highest BCUT2D eigenvalue weighted by Crippen LogP contribution is 2.21. The van der Waals surface area contributed by atoms with Crippen molar-refractivity contribution in [3.8, 4) is 5.75 Å². The summed E-state index contributed by atoms with van der Waals surface area (Å²) in [5.41, 5.74) is 0.653. The Morgan fingerprint density at radius 1 is 1.32 bits per heavy atom. The van der Waals surface area contributed by atoms with Gasteiger partial charge < -0.3 is 19.5 Å². The molecule has 118 valence electrons. The Kier molecular flexibility index (Phi) is 5.04. The lowest BCUT2D eigenvalue weighted by Gasteiger charge is -2.27. The number of carbonyl (C=O) groups is 2. The van der Waals surface area contributed by atoms with Crippen LogP contribution in [0.3, 0.4) is 0 Å². The lowest BCUT2D eigenvalue weighted by Crippen LogP contribution is -2.39. The molecule has 0 radical (unpaired) electrons. The molecule has 0 aromatic heterocycles. The SMILES string of the molecule is CCOC(=O)C1=C(O)CCN(Cc2ccc(OC)cc2)C1=O. The van der Waals surface area contributed by atoms with E-state index in [9.17, 15) is 14.7 Å². The fourth-order valence-electron chi connectivity index (χ4n) is 2.26. The quantitative estimate of drug-likeness (QED) is 0.663. The summed E-state index contributed by atoms with van der Waals surface area (Å²) in [6.45, 7) is 2.53. The van der Waals surface area contributed by atoms with E-state index >= 15 is 0 Å². The molecule has 0 aliphatic carbocycles. The van der Waals surface area contributed by atoms with E-state index in [4.69, 9.17) is 9.47 Å². The lowest BCUT2D eigenvalue weighted by molar-refractivity contribution is -0.143. The Balaban J connectivity index is 2.13. The van der Waals surface area contributed by atoms with Gasteiger partial charge in [-0.05, 0) is 24.6 Å². The molecule has 6 heteroatoms. The number of hydrogen-bond donors (Lipinski definition) is 1. The molecule has 0 atom stereocenters. The summed E-state index contributed by atoms with van der Waals surface area (Å²) < 4.78 is 9.92. The van der Waals surface area contributed by atoms with Crippen molar-refractivity contribution >= 4 is 11.9 Å². The number of hydrogen-bond acceptors (Lipinski definition) is 5. The predicted molar refractivity (Wildman–Crippen MR) is 79.3 cm³/mol. The molecule has 6 nitrogen and oxygen atoms in total. The maximum atomic E-state index is 12.4. The van der Waals surface area contributed by atoms with Gasteiger partial charge in [-0.1, -0.05) is 12.1 Å². The zero-order chi connectivity index (χ0) is 16.1.